The quantitative estimate of drug-likeness (QED) is 0.765. The summed E-state index contributed by atoms with van der Waals surface area (Å²) in [7, 11) is 1.80. The molecule has 1 fully saturated rings. The van der Waals surface area contributed by atoms with Crippen LogP contribution in [0, 0.1) is 0 Å². The molecule has 0 radical (unpaired) electrons. The van der Waals surface area contributed by atoms with Gasteiger partial charge < -0.3 is 15.2 Å². The van der Waals surface area contributed by atoms with Gasteiger partial charge in [-0.2, -0.15) is 5.10 Å². The summed E-state index contributed by atoms with van der Waals surface area (Å²) in [5, 5.41) is 15.8. The van der Waals surface area contributed by atoms with Crippen LogP contribution in [0.2, 0.25) is 0 Å². The molecular weight excluding hydrogens is 250 g/mol. The third-order valence-corrected chi connectivity index (χ3v) is 3.21. The Bertz CT molecular complexity index is 477. The zero-order valence-electron chi connectivity index (χ0n) is 10.8. The second kappa shape index (κ2) is 5.40. The van der Waals surface area contributed by atoms with Crippen LogP contribution in [-0.4, -0.2) is 45.5 Å². The van der Waals surface area contributed by atoms with Crippen molar-refractivity contribution < 1.29 is 19.4 Å². The van der Waals surface area contributed by atoms with Crippen LogP contribution in [-0.2, 0) is 27.8 Å². The zero-order chi connectivity index (χ0) is 13.9. The van der Waals surface area contributed by atoms with E-state index in [1.54, 1.807) is 17.9 Å². The van der Waals surface area contributed by atoms with Gasteiger partial charge >= 0.3 is 5.97 Å². The Morgan fingerprint density at radius 3 is 2.95 bits per heavy atom. The molecule has 2 heterocycles. The fourth-order valence-corrected chi connectivity index (χ4v) is 2.07. The van der Waals surface area contributed by atoms with E-state index in [-0.39, 0.29) is 18.9 Å². The van der Waals surface area contributed by atoms with Crippen LogP contribution in [0.1, 0.15) is 18.4 Å². The third-order valence-electron chi connectivity index (χ3n) is 3.21. The van der Waals surface area contributed by atoms with E-state index in [0.717, 1.165) is 5.56 Å². The van der Waals surface area contributed by atoms with Crippen LogP contribution in [0.15, 0.2) is 12.4 Å². The van der Waals surface area contributed by atoms with Crippen molar-refractivity contribution >= 4 is 11.9 Å². The third kappa shape index (κ3) is 3.11. The van der Waals surface area contributed by atoms with Gasteiger partial charge in [0.05, 0.1) is 12.8 Å². The molecule has 19 heavy (non-hydrogen) atoms. The van der Waals surface area contributed by atoms with Gasteiger partial charge in [0.25, 0.3) is 0 Å². The minimum Gasteiger partial charge on any atom is -0.479 e. The lowest BCUT2D eigenvalue weighted by molar-refractivity contribution is -0.147. The lowest BCUT2D eigenvalue weighted by Crippen LogP contribution is -2.55. The SMILES string of the molecule is Cn1cc(CCC(=O)NC2(C(=O)O)CCOC2)cn1. The van der Waals surface area contributed by atoms with Crippen LogP contribution >= 0.6 is 0 Å². The molecule has 1 aromatic heterocycles. The van der Waals surface area contributed by atoms with Crippen molar-refractivity contribution in [2.24, 2.45) is 7.05 Å². The largest absolute Gasteiger partial charge is 0.479 e. The van der Waals surface area contributed by atoms with Crippen LogP contribution in [0.3, 0.4) is 0 Å². The molecule has 1 aliphatic heterocycles. The fraction of sp³-hybridized carbons (Fsp3) is 0.583. The molecule has 0 spiro atoms. The van der Waals surface area contributed by atoms with E-state index in [1.165, 1.54) is 0 Å². The monoisotopic (exact) mass is 267 g/mol. The summed E-state index contributed by atoms with van der Waals surface area (Å²) in [6.45, 7) is 0.385. The summed E-state index contributed by atoms with van der Waals surface area (Å²) in [6, 6.07) is 0. The van der Waals surface area contributed by atoms with Crippen molar-refractivity contribution in [3.05, 3.63) is 18.0 Å². The summed E-state index contributed by atoms with van der Waals surface area (Å²) in [6.07, 6.45) is 4.61. The lowest BCUT2D eigenvalue weighted by atomic mass is 9.98. The lowest BCUT2D eigenvalue weighted by Gasteiger charge is -2.23. The van der Waals surface area contributed by atoms with Gasteiger partial charge in [-0.25, -0.2) is 4.79 Å². The number of carboxylic acids is 1. The first-order valence-electron chi connectivity index (χ1n) is 6.11. The Labute approximate surface area is 110 Å². The molecule has 104 valence electrons. The topological polar surface area (TPSA) is 93.5 Å². The summed E-state index contributed by atoms with van der Waals surface area (Å²) in [4.78, 5) is 23.1. The van der Waals surface area contributed by atoms with Crippen molar-refractivity contribution in [2.45, 2.75) is 24.8 Å². The van der Waals surface area contributed by atoms with E-state index < -0.39 is 11.5 Å². The Kier molecular flexibility index (Phi) is 3.84. The molecule has 1 atom stereocenters. The Morgan fingerprint density at radius 2 is 2.42 bits per heavy atom. The second-order valence-corrected chi connectivity index (χ2v) is 4.76. The number of carboxylic acid groups (broad SMARTS) is 1. The predicted molar refractivity (Wildman–Crippen MR) is 65.5 cm³/mol. The van der Waals surface area contributed by atoms with Gasteiger partial charge in [0.1, 0.15) is 0 Å². The first-order valence-corrected chi connectivity index (χ1v) is 6.11. The average molecular weight is 267 g/mol. The molecule has 0 bridgehead atoms. The minimum absolute atomic E-state index is 0.0287. The number of ether oxygens (including phenoxy) is 1. The van der Waals surface area contributed by atoms with Gasteiger partial charge in [-0.1, -0.05) is 0 Å². The van der Waals surface area contributed by atoms with Crippen LogP contribution in [0.5, 0.6) is 0 Å². The maximum Gasteiger partial charge on any atom is 0.331 e. The number of carbonyl (C=O) groups excluding carboxylic acids is 1. The smallest absolute Gasteiger partial charge is 0.331 e. The van der Waals surface area contributed by atoms with Crippen molar-refractivity contribution in [1.82, 2.24) is 15.1 Å². The normalized spacial score (nSPS) is 22.4. The van der Waals surface area contributed by atoms with Crippen molar-refractivity contribution in [3.8, 4) is 0 Å². The van der Waals surface area contributed by atoms with Gasteiger partial charge in [0, 0.05) is 32.7 Å². The Balaban J connectivity index is 1.88. The molecule has 1 aliphatic rings. The number of carbonyl (C=O) groups is 2. The zero-order valence-corrected chi connectivity index (χ0v) is 10.8. The highest BCUT2D eigenvalue weighted by Gasteiger charge is 2.43. The number of aromatic nitrogens is 2. The first-order chi connectivity index (χ1) is 9.02. The first kappa shape index (κ1) is 13.5. The molecule has 1 unspecified atom stereocenters. The molecule has 2 rings (SSSR count). The highest BCUT2D eigenvalue weighted by molar-refractivity contribution is 5.87. The molecule has 2 N–H and O–H groups in total. The van der Waals surface area contributed by atoms with Gasteiger partial charge in [0.2, 0.25) is 5.91 Å². The van der Waals surface area contributed by atoms with E-state index in [0.29, 0.717) is 19.4 Å². The molecule has 7 nitrogen and oxygen atoms in total. The van der Waals surface area contributed by atoms with Crippen molar-refractivity contribution in [1.29, 1.82) is 0 Å². The van der Waals surface area contributed by atoms with Crippen LogP contribution in [0.25, 0.3) is 0 Å². The van der Waals surface area contributed by atoms with E-state index in [9.17, 15) is 14.7 Å². The summed E-state index contributed by atoms with van der Waals surface area (Å²) >= 11 is 0. The molecule has 1 saturated heterocycles. The van der Waals surface area contributed by atoms with E-state index in [4.69, 9.17) is 4.74 Å². The van der Waals surface area contributed by atoms with Crippen LogP contribution in [0.4, 0.5) is 0 Å². The average Bonchev–Trinajstić information content (AvgIpc) is 2.97. The highest BCUT2D eigenvalue weighted by atomic mass is 16.5. The maximum atomic E-state index is 11.8. The molecular formula is C12H17N3O4. The molecule has 1 amide bonds. The molecule has 1 aromatic rings. The predicted octanol–water partition coefficient (Wildman–Crippen LogP) is -0.287. The van der Waals surface area contributed by atoms with Gasteiger partial charge in [-0.05, 0) is 12.0 Å². The second-order valence-electron chi connectivity index (χ2n) is 4.76. The van der Waals surface area contributed by atoms with E-state index in [2.05, 4.69) is 10.4 Å². The highest BCUT2D eigenvalue weighted by Crippen LogP contribution is 2.19. The Hall–Kier alpha value is -1.89. The summed E-state index contributed by atoms with van der Waals surface area (Å²) < 4.78 is 6.74. The number of aryl methyl sites for hydroxylation is 2. The fourth-order valence-electron chi connectivity index (χ4n) is 2.07. The number of amides is 1. The summed E-state index contributed by atoms with van der Waals surface area (Å²) in [5.41, 5.74) is -0.309. The molecule has 7 heteroatoms. The van der Waals surface area contributed by atoms with E-state index in [1.807, 2.05) is 6.20 Å². The van der Waals surface area contributed by atoms with Crippen molar-refractivity contribution in [3.63, 3.8) is 0 Å². The van der Waals surface area contributed by atoms with Crippen LogP contribution < -0.4 is 5.32 Å². The minimum atomic E-state index is -1.26. The number of rotatable bonds is 5. The maximum absolute atomic E-state index is 11.8. The number of hydrogen-bond donors (Lipinski definition) is 2. The number of nitrogens with one attached hydrogen (secondary N) is 1. The van der Waals surface area contributed by atoms with Gasteiger partial charge in [-0.3, -0.25) is 9.48 Å². The Morgan fingerprint density at radius 1 is 1.63 bits per heavy atom. The van der Waals surface area contributed by atoms with Gasteiger partial charge in [-0.15, -0.1) is 0 Å². The van der Waals surface area contributed by atoms with Gasteiger partial charge in [0.15, 0.2) is 5.54 Å². The number of nitrogens with zero attached hydrogens (tertiary/aromatic N) is 2. The molecule has 0 saturated carbocycles. The molecule has 0 aliphatic carbocycles. The number of hydrogen-bond acceptors (Lipinski definition) is 4. The number of aliphatic carboxylic acids is 1. The van der Waals surface area contributed by atoms with E-state index >= 15 is 0 Å². The standard InChI is InChI=1S/C12H17N3O4/c1-15-7-9(6-13-15)2-3-10(16)14-12(11(17)18)4-5-19-8-12/h6-7H,2-5,8H2,1H3,(H,14,16)(H,17,18). The summed E-state index contributed by atoms with van der Waals surface area (Å²) in [5.74, 6) is -1.32. The van der Waals surface area contributed by atoms with Crippen molar-refractivity contribution in [2.75, 3.05) is 13.2 Å². The molecule has 0 aromatic carbocycles.